The van der Waals surface area contributed by atoms with Gasteiger partial charge in [0, 0.05) is 18.9 Å². The lowest BCUT2D eigenvalue weighted by molar-refractivity contribution is -0.141. The normalized spacial score (nSPS) is 22.0. The van der Waals surface area contributed by atoms with Gasteiger partial charge in [-0.15, -0.1) is 0 Å². The number of carboxylic acids is 2. The third kappa shape index (κ3) is 4.45. The van der Waals surface area contributed by atoms with Crippen molar-refractivity contribution in [1.82, 2.24) is 4.90 Å². The first-order chi connectivity index (χ1) is 8.82. The summed E-state index contributed by atoms with van der Waals surface area (Å²) in [4.78, 5) is 24.2. The molecule has 0 amide bonds. The number of rotatable bonds is 6. The highest BCUT2D eigenvalue weighted by Crippen LogP contribution is 2.24. The first-order valence-corrected chi connectivity index (χ1v) is 6.98. The molecule has 108 valence electrons. The van der Waals surface area contributed by atoms with Crippen LogP contribution in [0.25, 0.3) is 0 Å². The molecule has 1 saturated heterocycles. The third-order valence-electron chi connectivity index (χ3n) is 3.52. The molecule has 0 radical (unpaired) electrons. The maximum atomic E-state index is 11.1. The highest BCUT2D eigenvalue weighted by atomic mass is 32.1. The number of aliphatic carboxylic acids is 2. The Morgan fingerprint density at radius 3 is 2.53 bits per heavy atom. The van der Waals surface area contributed by atoms with Crippen LogP contribution < -0.4 is 0 Å². The molecule has 6 heteroatoms. The quantitative estimate of drug-likeness (QED) is 0.728. The average molecular weight is 287 g/mol. The molecule has 3 atom stereocenters. The van der Waals surface area contributed by atoms with Gasteiger partial charge in [-0.25, -0.2) is 4.79 Å². The summed E-state index contributed by atoms with van der Waals surface area (Å²) in [5.74, 6) is -1.57. The van der Waals surface area contributed by atoms with Crippen molar-refractivity contribution in [2.24, 2.45) is 11.8 Å². The minimum Gasteiger partial charge on any atom is -0.481 e. The molecule has 1 aliphatic heterocycles. The predicted octanol–water partition coefficient (Wildman–Crippen LogP) is 2.00. The monoisotopic (exact) mass is 287 g/mol. The molecule has 0 spiro atoms. The Kier molecular flexibility index (Phi) is 5.72. The van der Waals surface area contributed by atoms with Gasteiger partial charge in [0.15, 0.2) is 0 Å². The standard InChI is InChI=1S/C13H21NO4S/c1-8(7-11(15)16)6-9(2)12(19)14-5-3-4-10(14)13(17)18/h8-10H,3-7H2,1-2H3,(H,15,16)(H,17,18)/t8?,9?,10-/m0/s1. The second-order valence-electron chi connectivity index (χ2n) is 5.37. The Bertz CT molecular complexity index is 372. The Labute approximate surface area is 118 Å². The van der Waals surface area contributed by atoms with Crippen LogP contribution in [0.5, 0.6) is 0 Å². The van der Waals surface area contributed by atoms with Crippen LogP contribution in [-0.4, -0.2) is 44.6 Å². The second-order valence-corrected chi connectivity index (χ2v) is 5.79. The molecule has 1 heterocycles. The van der Waals surface area contributed by atoms with Gasteiger partial charge in [0.1, 0.15) is 6.04 Å². The van der Waals surface area contributed by atoms with E-state index in [0.717, 1.165) is 6.42 Å². The summed E-state index contributed by atoms with van der Waals surface area (Å²) in [6.45, 7) is 4.51. The number of hydrogen-bond donors (Lipinski definition) is 2. The summed E-state index contributed by atoms with van der Waals surface area (Å²) in [5, 5.41) is 17.9. The number of thiocarbonyl (C=S) groups is 1. The maximum absolute atomic E-state index is 11.1. The van der Waals surface area contributed by atoms with Crippen molar-refractivity contribution in [3.63, 3.8) is 0 Å². The van der Waals surface area contributed by atoms with Crippen LogP contribution in [0.2, 0.25) is 0 Å². The first-order valence-electron chi connectivity index (χ1n) is 6.58. The molecule has 1 fully saturated rings. The zero-order valence-corrected chi connectivity index (χ0v) is 12.2. The average Bonchev–Trinajstić information content (AvgIpc) is 2.75. The molecule has 19 heavy (non-hydrogen) atoms. The summed E-state index contributed by atoms with van der Waals surface area (Å²) in [6, 6.07) is -0.510. The molecule has 0 saturated carbocycles. The van der Waals surface area contributed by atoms with Crippen molar-refractivity contribution in [3.8, 4) is 0 Å². The number of nitrogens with zero attached hydrogens (tertiary/aromatic N) is 1. The number of carboxylic acid groups (broad SMARTS) is 2. The molecule has 0 aromatic heterocycles. The minimum absolute atomic E-state index is 0.0318. The largest absolute Gasteiger partial charge is 0.481 e. The van der Waals surface area contributed by atoms with Crippen LogP contribution in [0.3, 0.4) is 0 Å². The van der Waals surface area contributed by atoms with E-state index in [2.05, 4.69) is 0 Å². The summed E-state index contributed by atoms with van der Waals surface area (Å²) in [7, 11) is 0. The van der Waals surface area contributed by atoms with E-state index in [4.69, 9.17) is 22.4 Å². The molecule has 2 N–H and O–H groups in total. The van der Waals surface area contributed by atoms with Gasteiger partial charge in [0.05, 0.1) is 4.99 Å². The fourth-order valence-electron chi connectivity index (χ4n) is 2.66. The summed E-state index contributed by atoms with van der Waals surface area (Å²) < 4.78 is 0. The Morgan fingerprint density at radius 1 is 1.37 bits per heavy atom. The van der Waals surface area contributed by atoms with Gasteiger partial charge in [-0.2, -0.15) is 0 Å². The zero-order chi connectivity index (χ0) is 14.6. The molecule has 0 aromatic carbocycles. The predicted molar refractivity (Wildman–Crippen MR) is 75.2 cm³/mol. The van der Waals surface area contributed by atoms with Crippen molar-refractivity contribution in [3.05, 3.63) is 0 Å². The molecule has 0 aromatic rings. The summed E-state index contributed by atoms with van der Waals surface area (Å²) in [5.41, 5.74) is 0. The molecular formula is C13H21NO4S. The zero-order valence-electron chi connectivity index (χ0n) is 11.3. The van der Waals surface area contributed by atoms with Gasteiger partial charge in [0.2, 0.25) is 0 Å². The summed E-state index contributed by atoms with van der Waals surface area (Å²) in [6.07, 6.45) is 2.27. The van der Waals surface area contributed by atoms with Crippen molar-refractivity contribution in [2.45, 2.75) is 45.6 Å². The van der Waals surface area contributed by atoms with E-state index in [9.17, 15) is 9.59 Å². The van der Waals surface area contributed by atoms with Crippen molar-refractivity contribution in [2.75, 3.05) is 6.54 Å². The van der Waals surface area contributed by atoms with Crippen LogP contribution in [0, 0.1) is 11.8 Å². The number of likely N-dealkylation sites (tertiary alicyclic amines) is 1. The molecular weight excluding hydrogens is 266 g/mol. The van der Waals surface area contributed by atoms with E-state index >= 15 is 0 Å². The van der Waals surface area contributed by atoms with Gasteiger partial charge in [-0.05, 0) is 25.2 Å². The van der Waals surface area contributed by atoms with Crippen molar-refractivity contribution >= 4 is 29.1 Å². The highest BCUT2D eigenvalue weighted by molar-refractivity contribution is 7.80. The van der Waals surface area contributed by atoms with E-state index in [0.29, 0.717) is 24.4 Å². The fourth-order valence-corrected chi connectivity index (χ4v) is 2.97. The molecule has 2 unspecified atom stereocenters. The number of hydrogen-bond acceptors (Lipinski definition) is 3. The molecule has 5 nitrogen and oxygen atoms in total. The van der Waals surface area contributed by atoms with E-state index < -0.39 is 18.0 Å². The second kappa shape index (κ2) is 6.84. The minimum atomic E-state index is -0.828. The van der Waals surface area contributed by atoms with E-state index in [1.165, 1.54) is 0 Å². The van der Waals surface area contributed by atoms with Gasteiger partial charge in [-0.1, -0.05) is 26.1 Å². The Balaban J connectivity index is 2.56. The Morgan fingerprint density at radius 2 is 2.00 bits per heavy atom. The fraction of sp³-hybridized carbons (Fsp3) is 0.769. The van der Waals surface area contributed by atoms with Crippen LogP contribution >= 0.6 is 12.2 Å². The van der Waals surface area contributed by atoms with Crippen LogP contribution in [-0.2, 0) is 9.59 Å². The topological polar surface area (TPSA) is 77.8 Å². The lowest BCUT2D eigenvalue weighted by Crippen LogP contribution is -2.42. The van der Waals surface area contributed by atoms with E-state index in [-0.39, 0.29) is 18.3 Å². The van der Waals surface area contributed by atoms with Gasteiger partial charge >= 0.3 is 11.9 Å². The van der Waals surface area contributed by atoms with Crippen LogP contribution in [0.15, 0.2) is 0 Å². The van der Waals surface area contributed by atoms with Crippen molar-refractivity contribution < 1.29 is 19.8 Å². The lowest BCUT2D eigenvalue weighted by Gasteiger charge is -2.29. The van der Waals surface area contributed by atoms with E-state index in [1.807, 2.05) is 13.8 Å². The van der Waals surface area contributed by atoms with Gasteiger partial charge in [-0.3, -0.25) is 4.79 Å². The lowest BCUT2D eigenvalue weighted by atomic mass is 9.94. The molecule has 1 aliphatic rings. The van der Waals surface area contributed by atoms with Crippen LogP contribution in [0.1, 0.15) is 39.5 Å². The highest BCUT2D eigenvalue weighted by Gasteiger charge is 2.33. The SMILES string of the molecule is CC(CC(=O)O)CC(C)C(=S)N1CCC[C@H]1C(=O)O. The smallest absolute Gasteiger partial charge is 0.326 e. The maximum Gasteiger partial charge on any atom is 0.326 e. The summed E-state index contributed by atoms with van der Waals surface area (Å²) >= 11 is 5.38. The molecule has 0 bridgehead atoms. The van der Waals surface area contributed by atoms with Gasteiger partial charge in [0.25, 0.3) is 0 Å². The molecule has 0 aliphatic carbocycles. The third-order valence-corrected chi connectivity index (χ3v) is 4.16. The number of carbonyl (C=O) groups is 2. The van der Waals surface area contributed by atoms with Crippen LogP contribution in [0.4, 0.5) is 0 Å². The molecule has 1 rings (SSSR count). The van der Waals surface area contributed by atoms with E-state index in [1.54, 1.807) is 4.90 Å². The first kappa shape index (κ1) is 15.9. The van der Waals surface area contributed by atoms with Crippen molar-refractivity contribution in [1.29, 1.82) is 0 Å². The Hall–Kier alpha value is -1.17. The van der Waals surface area contributed by atoms with Gasteiger partial charge < -0.3 is 15.1 Å².